The van der Waals surface area contributed by atoms with Gasteiger partial charge in [-0.3, -0.25) is 10.1 Å². The average Bonchev–Trinajstić information content (AvgIpc) is 2.26. The summed E-state index contributed by atoms with van der Waals surface area (Å²) in [6, 6.07) is 6.49. The lowest BCUT2D eigenvalue weighted by Gasteiger charge is -2.03. The molecule has 0 heterocycles. The summed E-state index contributed by atoms with van der Waals surface area (Å²) in [5.74, 6) is 0. The van der Waals surface area contributed by atoms with Crippen LogP contribution in [0, 0.1) is 10.1 Å². The van der Waals surface area contributed by atoms with Crippen molar-refractivity contribution >= 4 is 11.4 Å². The van der Waals surface area contributed by atoms with E-state index >= 15 is 0 Å². The highest BCUT2D eigenvalue weighted by molar-refractivity contribution is 6.03. The molecule has 0 unspecified atom stereocenters. The van der Waals surface area contributed by atoms with E-state index in [1.807, 2.05) is 6.92 Å². The van der Waals surface area contributed by atoms with E-state index in [0.29, 0.717) is 17.7 Å². The molecule has 0 bridgehead atoms. The summed E-state index contributed by atoms with van der Waals surface area (Å²) < 4.78 is 0. The van der Waals surface area contributed by atoms with Gasteiger partial charge in [-0.2, -0.15) is 0 Å². The second-order valence-corrected chi connectivity index (χ2v) is 2.85. The van der Waals surface area contributed by atoms with Gasteiger partial charge in [-0.25, -0.2) is 0 Å². The van der Waals surface area contributed by atoms with Crippen molar-refractivity contribution in [3.63, 3.8) is 0 Å². The van der Waals surface area contributed by atoms with Crippen LogP contribution in [0.15, 0.2) is 29.4 Å². The number of rotatable bonds is 4. The SMILES string of the molecule is CCC(=NOC)c1ccccc1[N+](=O)[O-]. The van der Waals surface area contributed by atoms with Gasteiger partial charge >= 0.3 is 0 Å². The van der Waals surface area contributed by atoms with Crippen molar-refractivity contribution in [3.8, 4) is 0 Å². The third kappa shape index (κ3) is 2.52. The smallest absolute Gasteiger partial charge is 0.278 e. The van der Waals surface area contributed by atoms with Crippen LogP contribution in [0.2, 0.25) is 0 Å². The Morgan fingerprint density at radius 3 is 2.73 bits per heavy atom. The third-order valence-corrected chi connectivity index (χ3v) is 1.95. The molecule has 0 atom stereocenters. The van der Waals surface area contributed by atoms with Crippen LogP contribution in [0.25, 0.3) is 0 Å². The molecule has 0 aromatic heterocycles. The second kappa shape index (κ2) is 5.09. The standard InChI is InChI=1S/C10H12N2O3/c1-3-9(11-15-2)8-6-4-5-7-10(8)12(13)14/h4-7H,3H2,1-2H3. The average molecular weight is 208 g/mol. The lowest BCUT2D eigenvalue weighted by atomic mass is 10.1. The van der Waals surface area contributed by atoms with E-state index in [2.05, 4.69) is 9.99 Å². The summed E-state index contributed by atoms with van der Waals surface area (Å²) in [5.41, 5.74) is 1.13. The Labute approximate surface area is 87.5 Å². The Kier molecular flexibility index (Phi) is 3.79. The van der Waals surface area contributed by atoms with Gasteiger partial charge in [0.05, 0.1) is 16.2 Å². The maximum Gasteiger partial charge on any atom is 0.278 e. The van der Waals surface area contributed by atoms with Gasteiger partial charge in [-0.1, -0.05) is 24.2 Å². The van der Waals surface area contributed by atoms with E-state index in [0.717, 1.165) is 0 Å². The van der Waals surface area contributed by atoms with Gasteiger partial charge in [-0.15, -0.1) is 0 Å². The van der Waals surface area contributed by atoms with E-state index < -0.39 is 4.92 Å². The third-order valence-electron chi connectivity index (χ3n) is 1.95. The Balaban J connectivity index is 3.23. The molecule has 0 amide bonds. The zero-order valence-electron chi connectivity index (χ0n) is 8.64. The summed E-state index contributed by atoms with van der Waals surface area (Å²) in [5, 5.41) is 14.5. The van der Waals surface area contributed by atoms with E-state index in [-0.39, 0.29) is 5.69 Å². The van der Waals surface area contributed by atoms with Crippen LogP contribution in [0.1, 0.15) is 18.9 Å². The largest absolute Gasteiger partial charge is 0.399 e. The maximum atomic E-state index is 10.8. The maximum absolute atomic E-state index is 10.8. The minimum absolute atomic E-state index is 0.0511. The monoisotopic (exact) mass is 208 g/mol. The first-order valence-corrected chi connectivity index (χ1v) is 4.54. The summed E-state index contributed by atoms with van der Waals surface area (Å²) >= 11 is 0. The molecule has 80 valence electrons. The van der Waals surface area contributed by atoms with Crippen LogP contribution in [0.4, 0.5) is 5.69 Å². The first-order chi connectivity index (χ1) is 7.20. The molecule has 0 aliphatic heterocycles. The minimum atomic E-state index is -0.420. The molecule has 15 heavy (non-hydrogen) atoms. The minimum Gasteiger partial charge on any atom is -0.399 e. The van der Waals surface area contributed by atoms with Crippen LogP contribution in [-0.2, 0) is 4.84 Å². The first-order valence-electron chi connectivity index (χ1n) is 4.54. The van der Waals surface area contributed by atoms with Crippen LogP contribution < -0.4 is 0 Å². The summed E-state index contributed by atoms with van der Waals surface area (Å²) in [4.78, 5) is 15.0. The van der Waals surface area contributed by atoms with Gasteiger partial charge in [0.15, 0.2) is 0 Å². The molecule has 1 aromatic rings. The predicted octanol–water partition coefficient (Wildman–Crippen LogP) is 2.36. The molecule has 0 aliphatic carbocycles. The molecular weight excluding hydrogens is 196 g/mol. The van der Waals surface area contributed by atoms with Crippen molar-refractivity contribution < 1.29 is 9.76 Å². The summed E-state index contributed by atoms with van der Waals surface area (Å²) in [6.07, 6.45) is 0.582. The molecule has 0 N–H and O–H groups in total. The highest BCUT2D eigenvalue weighted by Gasteiger charge is 2.16. The Morgan fingerprint density at radius 2 is 2.20 bits per heavy atom. The number of hydrogen-bond donors (Lipinski definition) is 0. The molecule has 0 fully saturated rings. The number of hydrogen-bond acceptors (Lipinski definition) is 4. The molecule has 5 nitrogen and oxygen atoms in total. The van der Waals surface area contributed by atoms with Crippen LogP contribution in [0.3, 0.4) is 0 Å². The molecular formula is C10H12N2O3. The lowest BCUT2D eigenvalue weighted by molar-refractivity contribution is -0.385. The summed E-state index contributed by atoms with van der Waals surface area (Å²) in [7, 11) is 1.42. The number of oxime groups is 1. The molecule has 0 radical (unpaired) electrons. The number of benzene rings is 1. The quantitative estimate of drug-likeness (QED) is 0.433. The fourth-order valence-electron chi connectivity index (χ4n) is 1.29. The summed E-state index contributed by atoms with van der Waals surface area (Å²) in [6.45, 7) is 1.87. The van der Waals surface area contributed by atoms with Crippen molar-refractivity contribution in [1.82, 2.24) is 0 Å². The molecule has 0 spiro atoms. The molecule has 1 aromatic carbocycles. The number of para-hydroxylation sites is 1. The van der Waals surface area contributed by atoms with E-state index in [1.54, 1.807) is 18.2 Å². The van der Waals surface area contributed by atoms with Crippen molar-refractivity contribution in [2.75, 3.05) is 7.11 Å². The molecule has 1 rings (SSSR count). The van der Waals surface area contributed by atoms with Crippen LogP contribution in [-0.4, -0.2) is 17.7 Å². The van der Waals surface area contributed by atoms with E-state index in [4.69, 9.17) is 0 Å². The van der Waals surface area contributed by atoms with Gasteiger partial charge in [0.2, 0.25) is 0 Å². The Hall–Kier alpha value is -1.91. The molecule has 0 saturated carbocycles. The number of nitro benzene ring substituents is 1. The predicted molar refractivity (Wildman–Crippen MR) is 56.9 cm³/mol. The number of nitro groups is 1. The normalized spacial score (nSPS) is 11.2. The zero-order chi connectivity index (χ0) is 11.3. The highest BCUT2D eigenvalue weighted by atomic mass is 16.6. The second-order valence-electron chi connectivity index (χ2n) is 2.85. The van der Waals surface area contributed by atoms with Crippen LogP contribution >= 0.6 is 0 Å². The topological polar surface area (TPSA) is 64.7 Å². The van der Waals surface area contributed by atoms with Gasteiger partial charge < -0.3 is 4.84 Å². The van der Waals surface area contributed by atoms with Crippen molar-refractivity contribution in [1.29, 1.82) is 0 Å². The van der Waals surface area contributed by atoms with Gasteiger partial charge in [0.25, 0.3) is 5.69 Å². The van der Waals surface area contributed by atoms with Gasteiger partial charge in [0, 0.05) is 6.07 Å². The molecule has 5 heteroatoms. The first kappa shape index (κ1) is 11.2. The fourth-order valence-corrected chi connectivity index (χ4v) is 1.29. The lowest BCUT2D eigenvalue weighted by Crippen LogP contribution is -2.04. The number of nitrogens with zero attached hydrogens (tertiary/aromatic N) is 2. The van der Waals surface area contributed by atoms with Crippen molar-refractivity contribution in [2.45, 2.75) is 13.3 Å². The fraction of sp³-hybridized carbons (Fsp3) is 0.300. The van der Waals surface area contributed by atoms with E-state index in [9.17, 15) is 10.1 Å². The van der Waals surface area contributed by atoms with Crippen LogP contribution in [0.5, 0.6) is 0 Å². The molecule has 0 aliphatic rings. The van der Waals surface area contributed by atoms with E-state index in [1.165, 1.54) is 13.2 Å². The Morgan fingerprint density at radius 1 is 1.53 bits per heavy atom. The van der Waals surface area contributed by atoms with Crippen molar-refractivity contribution in [2.24, 2.45) is 5.16 Å². The Bertz CT molecular complexity index is 388. The zero-order valence-corrected chi connectivity index (χ0v) is 8.64. The molecule has 0 saturated heterocycles. The highest BCUT2D eigenvalue weighted by Crippen LogP contribution is 2.19. The van der Waals surface area contributed by atoms with Gasteiger partial charge in [-0.05, 0) is 12.5 Å². The van der Waals surface area contributed by atoms with Crippen molar-refractivity contribution in [3.05, 3.63) is 39.9 Å². The van der Waals surface area contributed by atoms with Gasteiger partial charge in [0.1, 0.15) is 7.11 Å².